The molecule has 0 bridgehead atoms. The van der Waals surface area contributed by atoms with Gasteiger partial charge in [-0.15, -0.1) is 12.3 Å². The number of nitrogens with one attached hydrogen (secondary N) is 1. The van der Waals surface area contributed by atoms with Crippen LogP contribution in [0.5, 0.6) is 0 Å². The fourth-order valence-corrected chi connectivity index (χ4v) is 1.53. The Kier molecular flexibility index (Phi) is 6.69. The van der Waals surface area contributed by atoms with E-state index >= 15 is 0 Å². The summed E-state index contributed by atoms with van der Waals surface area (Å²) in [5, 5.41) is 2.55. The molecule has 1 atom stereocenters. The third-order valence-corrected chi connectivity index (χ3v) is 2.54. The van der Waals surface area contributed by atoms with Crippen molar-refractivity contribution < 1.29 is 19.1 Å². The summed E-state index contributed by atoms with van der Waals surface area (Å²) in [5.74, 6) is 1.96. The Hall–Kier alpha value is -2.48. The Morgan fingerprint density at radius 2 is 2.05 bits per heavy atom. The van der Waals surface area contributed by atoms with Gasteiger partial charge in [0, 0.05) is 6.42 Å². The highest BCUT2D eigenvalue weighted by molar-refractivity contribution is 5.72. The van der Waals surface area contributed by atoms with E-state index in [0.717, 1.165) is 5.56 Å². The van der Waals surface area contributed by atoms with Gasteiger partial charge in [-0.25, -0.2) is 4.79 Å². The molecule has 0 spiro atoms. The standard InChI is InChI=1S/C15H17NO4/c1-3-7-13(10-14(17)19-2)16-15(18)20-11-12-8-5-4-6-9-12/h1,4-6,8-9,13H,7,10-11H2,2H3,(H,16,18). The predicted octanol–water partition coefficient (Wildman–Crippen LogP) is 1.87. The molecule has 0 aliphatic heterocycles. The summed E-state index contributed by atoms with van der Waals surface area (Å²) in [7, 11) is 1.28. The zero-order valence-corrected chi connectivity index (χ0v) is 11.3. The summed E-state index contributed by atoms with van der Waals surface area (Å²) in [6.45, 7) is 0.160. The van der Waals surface area contributed by atoms with Crippen LogP contribution in [0.2, 0.25) is 0 Å². The van der Waals surface area contributed by atoms with Crippen molar-refractivity contribution in [1.29, 1.82) is 0 Å². The molecule has 0 radical (unpaired) electrons. The van der Waals surface area contributed by atoms with Gasteiger partial charge in [0.05, 0.1) is 19.6 Å². The molecule has 5 heteroatoms. The molecule has 0 saturated carbocycles. The zero-order chi connectivity index (χ0) is 14.8. The number of alkyl carbamates (subject to hydrolysis) is 1. The number of ether oxygens (including phenoxy) is 2. The number of esters is 1. The Bertz CT molecular complexity index is 478. The van der Waals surface area contributed by atoms with Crippen molar-refractivity contribution in [3.8, 4) is 12.3 Å². The molecular formula is C15H17NO4. The second kappa shape index (κ2) is 8.59. The number of benzene rings is 1. The van der Waals surface area contributed by atoms with E-state index in [-0.39, 0.29) is 19.4 Å². The second-order valence-electron chi connectivity index (χ2n) is 4.09. The average molecular weight is 275 g/mol. The van der Waals surface area contributed by atoms with Crippen molar-refractivity contribution in [3.05, 3.63) is 35.9 Å². The van der Waals surface area contributed by atoms with Crippen molar-refractivity contribution in [2.24, 2.45) is 0 Å². The molecule has 1 aromatic rings. The fraction of sp³-hybridized carbons (Fsp3) is 0.333. The van der Waals surface area contributed by atoms with Crippen LogP contribution in [0.1, 0.15) is 18.4 Å². The van der Waals surface area contributed by atoms with Gasteiger partial charge >= 0.3 is 12.1 Å². The minimum atomic E-state index is -0.613. The van der Waals surface area contributed by atoms with E-state index in [0.29, 0.717) is 0 Å². The molecule has 1 amide bonds. The van der Waals surface area contributed by atoms with Crippen molar-refractivity contribution in [2.45, 2.75) is 25.5 Å². The first kappa shape index (κ1) is 15.6. The second-order valence-corrected chi connectivity index (χ2v) is 4.09. The molecule has 0 fully saturated rings. The molecule has 1 aromatic carbocycles. The number of hydrogen-bond acceptors (Lipinski definition) is 4. The largest absolute Gasteiger partial charge is 0.469 e. The van der Waals surface area contributed by atoms with Gasteiger partial charge in [-0.05, 0) is 5.56 Å². The smallest absolute Gasteiger partial charge is 0.407 e. The van der Waals surface area contributed by atoms with Crippen molar-refractivity contribution in [2.75, 3.05) is 7.11 Å². The van der Waals surface area contributed by atoms with Gasteiger partial charge in [-0.2, -0.15) is 0 Å². The van der Waals surface area contributed by atoms with Crippen LogP contribution < -0.4 is 5.32 Å². The maximum atomic E-state index is 11.6. The lowest BCUT2D eigenvalue weighted by Gasteiger charge is -2.15. The maximum Gasteiger partial charge on any atom is 0.407 e. The van der Waals surface area contributed by atoms with Gasteiger partial charge in [0.15, 0.2) is 0 Å². The minimum absolute atomic E-state index is 0.0150. The van der Waals surface area contributed by atoms with Crippen molar-refractivity contribution >= 4 is 12.1 Å². The number of carbonyl (C=O) groups excluding carboxylic acids is 2. The lowest BCUT2D eigenvalue weighted by Crippen LogP contribution is -2.36. The summed E-state index contributed by atoms with van der Waals surface area (Å²) in [6, 6.07) is 8.80. The SMILES string of the molecule is C#CCC(CC(=O)OC)NC(=O)OCc1ccccc1. The molecule has 5 nitrogen and oxygen atoms in total. The highest BCUT2D eigenvalue weighted by atomic mass is 16.5. The van der Waals surface area contributed by atoms with Crippen LogP contribution in [0.3, 0.4) is 0 Å². The average Bonchev–Trinajstić information content (AvgIpc) is 2.46. The van der Waals surface area contributed by atoms with Crippen molar-refractivity contribution in [3.63, 3.8) is 0 Å². The first-order valence-electron chi connectivity index (χ1n) is 6.13. The predicted molar refractivity (Wildman–Crippen MR) is 73.6 cm³/mol. The number of hydrogen-bond donors (Lipinski definition) is 1. The van der Waals surface area contributed by atoms with Crippen LogP contribution in [-0.4, -0.2) is 25.2 Å². The van der Waals surface area contributed by atoms with E-state index in [9.17, 15) is 9.59 Å². The monoisotopic (exact) mass is 275 g/mol. The van der Waals surface area contributed by atoms with Crippen molar-refractivity contribution in [1.82, 2.24) is 5.32 Å². The number of terminal acetylenes is 1. The van der Waals surface area contributed by atoms with Crippen LogP contribution in [0.15, 0.2) is 30.3 Å². The van der Waals surface area contributed by atoms with Gasteiger partial charge in [-0.3, -0.25) is 4.79 Å². The summed E-state index contributed by atoms with van der Waals surface area (Å²) in [4.78, 5) is 22.8. The summed E-state index contributed by atoms with van der Waals surface area (Å²) < 4.78 is 9.59. The van der Waals surface area contributed by atoms with Gasteiger partial charge in [0.25, 0.3) is 0 Å². The number of rotatable bonds is 6. The van der Waals surface area contributed by atoms with E-state index in [4.69, 9.17) is 11.2 Å². The summed E-state index contributed by atoms with van der Waals surface area (Å²) >= 11 is 0. The lowest BCUT2D eigenvalue weighted by atomic mass is 10.1. The molecule has 20 heavy (non-hydrogen) atoms. The molecule has 0 heterocycles. The van der Waals surface area contributed by atoms with Crippen LogP contribution in [-0.2, 0) is 20.9 Å². The molecule has 106 valence electrons. The molecule has 1 rings (SSSR count). The summed E-state index contributed by atoms with van der Waals surface area (Å²) in [5.41, 5.74) is 0.879. The maximum absolute atomic E-state index is 11.6. The molecule has 1 unspecified atom stereocenters. The third-order valence-electron chi connectivity index (χ3n) is 2.54. The normalized spacial score (nSPS) is 11.0. The Morgan fingerprint density at radius 3 is 2.65 bits per heavy atom. The van der Waals surface area contributed by atoms with Gasteiger partial charge in [-0.1, -0.05) is 30.3 Å². The van der Waals surface area contributed by atoms with E-state index < -0.39 is 18.1 Å². The van der Waals surface area contributed by atoms with E-state index in [1.807, 2.05) is 30.3 Å². The van der Waals surface area contributed by atoms with Gasteiger partial charge in [0.2, 0.25) is 0 Å². The first-order chi connectivity index (χ1) is 9.65. The number of amides is 1. The molecule has 0 aliphatic carbocycles. The Labute approximate surface area is 118 Å². The highest BCUT2D eigenvalue weighted by Gasteiger charge is 2.16. The lowest BCUT2D eigenvalue weighted by molar-refractivity contribution is -0.141. The summed E-state index contributed by atoms with van der Waals surface area (Å²) in [6.07, 6.45) is 4.83. The first-order valence-corrected chi connectivity index (χ1v) is 6.13. The quantitative estimate of drug-likeness (QED) is 0.636. The number of carbonyl (C=O) groups is 2. The van der Waals surface area contributed by atoms with E-state index in [2.05, 4.69) is 16.0 Å². The van der Waals surface area contributed by atoms with Crippen LogP contribution >= 0.6 is 0 Å². The van der Waals surface area contributed by atoms with Crippen LogP contribution in [0.4, 0.5) is 4.79 Å². The molecule has 0 aliphatic rings. The molecule has 1 N–H and O–H groups in total. The minimum Gasteiger partial charge on any atom is -0.469 e. The zero-order valence-electron chi connectivity index (χ0n) is 11.3. The van der Waals surface area contributed by atoms with Gasteiger partial charge < -0.3 is 14.8 Å². The topological polar surface area (TPSA) is 64.6 Å². The van der Waals surface area contributed by atoms with Crippen LogP contribution in [0, 0.1) is 12.3 Å². The molecule has 0 saturated heterocycles. The Morgan fingerprint density at radius 1 is 1.35 bits per heavy atom. The highest BCUT2D eigenvalue weighted by Crippen LogP contribution is 2.03. The van der Waals surface area contributed by atoms with Crippen LogP contribution in [0.25, 0.3) is 0 Å². The molecular weight excluding hydrogens is 258 g/mol. The van der Waals surface area contributed by atoms with E-state index in [1.165, 1.54) is 7.11 Å². The third kappa shape index (κ3) is 5.91. The van der Waals surface area contributed by atoms with E-state index in [1.54, 1.807) is 0 Å². The molecule has 0 aromatic heterocycles. The number of methoxy groups -OCH3 is 1. The Balaban J connectivity index is 2.41. The fourth-order valence-electron chi connectivity index (χ4n) is 1.53. The van der Waals surface area contributed by atoms with Gasteiger partial charge in [0.1, 0.15) is 6.61 Å².